The Morgan fingerprint density at radius 1 is 1.27 bits per heavy atom. The van der Waals surface area contributed by atoms with Crippen molar-refractivity contribution in [3.05, 3.63) is 0 Å². The lowest BCUT2D eigenvalue weighted by Gasteiger charge is -2.31. The molecule has 2 aliphatic rings. The molecule has 1 saturated heterocycles. The van der Waals surface area contributed by atoms with Gasteiger partial charge in [0.2, 0.25) is 11.8 Å². The van der Waals surface area contributed by atoms with Crippen LogP contribution in [0.4, 0.5) is 8.78 Å². The maximum Gasteiger partial charge on any atom is 0.262 e. The monoisotopic (exact) mass is 339 g/mol. The summed E-state index contributed by atoms with van der Waals surface area (Å²) in [5.41, 5.74) is 0. The fraction of sp³-hybridized carbons (Fsp3) is 0.857. The molecule has 8 heteroatoms. The molecule has 2 rings (SSSR count). The summed E-state index contributed by atoms with van der Waals surface area (Å²) in [5.74, 6) is -3.20. The van der Waals surface area contributed by atoms with Crippen LogP contribution in [0, 0.1) is 5.92 Å². The zero-order chi connectivity index (χ0) is 15.6. The lowest BCUT2D eigenvalue weighted by atomic mass is 9.84. The number of carbonyl (C=O) groups excluding carboxylic acids is 2. The van der Waals surface area contributed by atoms with Gasteiger partial charge in [0, 0.05) is 32.5 Å². The molecule has 0 radical (unpaired) electrons. The van der Waals surface area contributed by atoms with Crippen LogP contribution in [0.3, 0.4) is 0 Å². The van der Waals surface area contributed by atoms with E-state index >= 15 is 0 Å². The summed E-state index contributed by atoms with van der Waals surface area (Å²) in [7, 11) is 3.43. The predicted molar refractivity (Wildman–Crippen MR) is 81.2 cm³/mol. The number of rotatable bonds is 3. The Balaban J connectivity index is 0.00000242. The summed E-state index contributed by atoms with van der Waals surface area (Å²) in [4.78, 5) is 25.5. The topological polar surface area (TPSA) is 61.4 Å². The second-order valence-corrected chi connectivity index (χ2v) is 6.30. The van der Waals surface area contributed by atoms with Crippen molar-refractivity contribution in [3.63, 3.8) is 0 Å². The Hall–Kier alpha value is -0.950. The van der Waals surface area contributed by atoms with E-state index in [1.54, 1.807) is 19.0 Å². The van der Waals surface area contributed by atoms with Gasteiger partial charge in [0.25, 0.3) is 5.92 Å². The van der Waals surface area contributed by atoms with Crippen LogP contribution in [0.1, 0.15) is 32.1 Å². The van der Waals surface area contributed by atoms with Gasteiger partial charge in [-0.15, -0.1) is 12.4 Å². The summed E-state index contributed by atoms with van der Waals surface area (Å²) >= 11 is 0. The Labute approximate surface area is 135 Å². The largest absolute Gasteiger partial charge is 0.352 e. The van der Waals surface area contributed by atoms with Crippen LogP contribution < -0.4 is 10.6 Å². The summed E-state index contributed by atoms with van der Waals surface area (Å²) < 4.78 is 26.2. The van der Waals surface area contributed by atoms with Crippen LogP contribution in [0.15, 0.2) is 0 Å². The minimum absolute atomic E-state index is 0. The Morgan fingerprint density at radius 3 is 2.50 bits per heavy atom. The third-order valence-corrected chi connectivity index (χ3v) is 4.24. The van der Waals surface area contributed by atoms with Crippen LogP contribution in [0.2, 0.25) is 0 Å². The fourth-order valence-electron chi connectivity index (χ4n) is 3.11. The first-order valence-corrected chi connectivity index (χ1v) is 7.41. The zero-order valence-electron chi connectivity index (χ0n) is 12.9. The maximum absolute atomic E-state index is 13.1. The summed E-state index contributed by atoms with van der Waals surface area (Å²) in [5, 5.41) is 5.37. The first-order valence-electron chi connectivity index (χ1n) is 7.41. The third-order valence-electron chi connectivity index (χ3n) is 4.24. The van der Waals surface area contributed by atoms with Crippen molar-refractivity contribution < 1.29 is 18.4 Å². The van der Waals surface area contributed by atoms with Crippen LogP contribution in [0.25, 0.3) is 0 Å². The fourth-order valence-corrected chi connectivity index (χ4v) is 3.11. The van der Waals surface area contributed by atoms with Crippen LogP contribution >= 0.6 is 12.4 Å². The van der Waals surface area contributed by atoms with Gasteiger partial charge in [-0.05, 0) is 19.3 Å². The molecule has 0 aromatic rings. The minimum Gasteiger partial charge on any atom is -0.352 e. The zero-order valence-corrected chi connectivity index (χ0v) is 13.7. The number of amides is 2. The second-order valence-electron chi connectivity index (χ2n) is 6.30. The molecule has 5 nitrogen and oxygen atoms in total. The van der Waals surface area contributed by atoms with E-state index < -0.39 is 24.9 Å². The molecule has 128 valence electrons. The van der Waals surface area contributed by atoms with Crippen molar-refractivity contribution in [1.82, 2.24) is 15.5 Å². The SMILES string of the molecule is CN(C)C(=O)C1CCCC(NC(=O)C2CC(F)(F)CN2)C1.Cl. The van der Waals surface area contributed by atoms with Gasteiger partial charge < -0.3 is 10.2 Å². The lowest BCUT2D eigenvalue weighted by Crippen LogP contribution is -2.48. The van der Waals surface area contributed by atoms with Gasteiger partial charge in [0.1, 0.15) is 0 Å². The number of hydrogen-bond acceptors (Lipinski definition) is 3. The quantitative estimate of drug-likeness (QED) is 0.811. The maximum atomic E-state index is 13.1. The van der Waals surface area contributed by atoms with E-state index in [4.69, 9.17) is 0 Å². The summed E-state index contributed by atoms with van der Waals surface area (Å²) in [6, 6.07) is -0.930. The standard InChI is InChI=1S/C14H23F2N3O2.ClH/c1-19(2)13(21)9-4-3-5-10(6-9)18-12(20)11-7-14(15,16)8-17-11;/h9-11,17H,3-8H2,1-2H3,(H,18,20);1H. The van der Waals surface area contributed by atoms with Gasteiger partial charge in [-0.2, -0.15) is 0 Å². The van der Waals surface area contributed by atoms with E-state index in [1.165, 1.54) is 0 Å². The highest BCUT2D eigenvalue weighted by Gasteiger charge is 2.42. The normalized spacial score (nSPS) is 30.3. The molecule has 1 aliphatic heterocycles. The molecular weight excluding hydrogens is 316 g/mol. The van der Waals surface area contributed by atoms with Crippen molar-refractivity contribution >= 4 is 24.2 Å². The van der Waals surface area contributed by atoms with E-state index in [0.29, 0.717) is 6.42 Å². The predicted octanol–water partition coefficient (Wildman–Crippen LogP) is 1.17. The number of nitrogens with zero attached hydrogens (tertiary/aromatic N) is 1. The van der Waals surface area contributed by atoms with Crippen LogP contribution in [0.5, 0.6) is 0 Å². The van der Waals surface area contributed by atoms with Crippen LogP contribution in [-0.2, 0) is 9.59 Å². The molecule has 3 atom stereocenters. The van der Waals surface area contributed by atoms with E-state index in [0.717, 1.165) is 19.3 Å². The number of halogens is 3. The number of hydrogen-bond donors (Lipinski definition) is 2. The molecule has 0 spiro atoms. The highest BCUT2D eigenvalue weighted by atomic mass is 35.5. The highest BCUT2D eigenvalue weighted by Crippen LogP contribution is 2.27. The molecule has 0 aromatic heterocycles. The number of nitrogens with one attached hydrogen (secondary N) is 2. The molecule has 1 saturated carbocycles. The molecule has 22 heavy (non-hydrogen) atoms. The number of carbonyl (C=O) groups is 2. The van der Waals surface area contributed by atoms with Crippen molar-refractivity contribution in [2.75, 3.05) is 20.6 Å². The van der Waals surface area contributed by atoms with Gasteiger partial charge in [-0.3, -0.25) is 14.9 Å². The molecule has 1 heterocycles. The molecular formula is C14H24ClF2N3O2. The molecule has 0 aromatic carbocycles. The van der Waals surface area contributed by atoms with Gasteiger partial charge in [0.05, 0.1) is 12.6 Å². The van der Waals surface area contributed by atoms with Crippen molar-refractivity contribution in [1.29, 1.82) is 0 Å². The van der Waals surface area contributed by atoms with Crippen molar-refractivity contribution in [2.45, 2.75) is 50.1 Å². The molecule has 2 N–H and O–H groups in total. The molecule has 3 unspecified atom stereocenters. The minimum atomic E-state index is -2.81. The number of alkyl halides is 2. The summed E-state index contributed by atoms with van der Waals surface area (Å²) in [6.45, 7) is -0.447. The average molecular weight is 340 g/mol. The van der Waals surface area contributed by atoms with E-state index in [2.05, 4.69) is 10.6 Å². The molecule has 2 amide bonds. The smallest absolute Gasteiger partial charge is 0.262 e. The highest BCUT2D eigenvalue weighted by molar-refractivity contribution is 5.85. The Kier molecular flexibility index (Phi) is 6.55. The van der Waals surface area contributed by atoms with Gasteiger partial charge in [-0.1, -0.05) is 6.42 Å². The first kappa shape index (κ1) is 19.1. The average Bonchev–Trinajstić information content (AvgIpc) is 2.78. The molecule has 2 fully saturated rings. The lowest BCUT2D eigenvalue weighted by molar-refractivity contribution is -0.135. The van der Waals surface area contributed by atoms with Crippen LogP contribution in [-0.4, -0.2) is 55.4 Å². The Bertz CT molecular complexity index is 421. The second kappa shape index (κ2) is 7.55. The van der Waals surface area contributed by atoms with Gasteiger partial charge in [-0.25, -0.2) is 8.78 Å². The van der Waals surface area contributed by atoms with E-state index in [-0.39, 0.29) is 36.2 Å². The molecule has 0 bridgehead atoms. The van der Waals surface area contributed by atoms with Gasteiger partial charge in [0.15, 0.2) is 0 Å². The van der Waals surface area contributed by atoms with E-state index in [1.807, 2.05) is 0 Å². The van der Waals surface area contributed by atoms with Crippen molar-refractivity contribution in [2.24, 2.45) is 5.92 Å². The van der Waals surface area contributed by atoms with Gasteiger partial charge >= 0.3 is 0 Å². The third kappa shape index (κ3) is 4.78. The first-order chi connectivity index (χ1) is 9.78. The van der Waals surface area contributed by atoms with Crippen molar-refractivity contribution in [3.8, 4) is 0 Å². The summed E-state index contributed by atoms with van der Waals surface area (Å²) in [6.07, 6.45) is 2.62. The Morgan fingerprint density at radius 2 is 1.95 bits per heavy atom. The van der Waals surface area contributed by atoms with E-state index in [9.17, 15) is 18.4 Å². The molecule has 1 aliphatic carbocycles.